The van der Waals surface area contributed by atoms with E-state index in [-0.39, 0.29) is 6.61 Å². The van der Waals surface area contributed by atoms with Crippen LogP contribution in [0.15, 0.2) is 24.3 Å². The zero-order valence-electron chi connectivity index (χ0n) is 9.86. The van der Waals surface area contributed by atoms with Gasteiger partial charge in [0.1, 0.15) is 12.4 Å². The summed E-state index contributed by atoms with van der Waals surface area (Å²) in [6.45, 7) is 0.640. The maximum absolute atomic E-state index is 10.7. The van der Waals surface area contributed by atoms with Crippen LogP contribution in [0.2, 0.25) is 0 Å². The van der Waals surface area contributed by atoms with Crippen molar-refractivity contribution in [3.05, 3.63) is 29.8 Å². The van der Waals surface area contributed by atoms with Crippen LogP contribution >= 0.6 is 0 Å². The summed E-state index contributed by atoms with van der Waals surface area (Å²) in [4.78, 5) is 10.7. The van der Waals surface area contributed by atoms with Crippen LogP contribution in [0.4, 0.5) is 0 Å². The van der Waals surface area contributed by atoms with E-state index in [0.717, 1.165) is 11.3 Å². The third-order valence-corrected chi connectivity index (χ3v) is 1.98. The summed E-state index contributed by atoms with van der Waals surface area (Å²) in [6.07, 6.45) is 0. The highest BCUT2D eigenvalue weighted by molar-refractivity contribution is 5.88. The van der Waals surface area contributed by atoms with Crippen LogP contribution in [0.25, 0.3) is 0 Å². The van der Waals surface area contributed by atoms with Crippen molar-refractivity contribution in [2.45, 2.75) is 6.61 Å². The van der Waals surface area contributed by atoms with Crippen LogP contribution in [0.3, 0.4) is 0 Å². The van der Waals surface area contributed by atoms with Gasteiger partial charge in [-0.05, 0) is 17.7 Å². The van der Waals surface area contributed by atoms with Gasteiger partial charge in [0, 0.05) is 5.92 Å². The lowest BCUT2D eigenvalue weighted by Crippen LogP contribution is -1.97. The first-order chi connectivity index (χ1) is 8.26. The quantitative estimate of drug-likeness (QED) is 0.342. The van der Waals surface area contributed by atoms with Gasteiger partial charge in [0.15, 0.2) is 0 Å². The number of carbonyl (C=O) groups is 1. The molecule has 1 rings (SSSR count). The van der Waals surface area contributed by atoms with Crippen molar-refractivity contribution in [1.29, 1.82) is 0 Å². The zero-order chi connectivity index (χ0) is 12.5. The largest absolute Gasteiger partial charge is 0.497 e. The Hall–Kier alpha value is -1.99. The molecule has 1 aromatic carbocycles. The highest BCUT2D eigenvalue weighted by atomic mass is 16.5. The maximum Gasteiger partial charge on any atom is 0.384 e. The van der Waals surface area contributed by atoms with Gasteiger partial charge in [0.05, 0.1) is 20.8 Å². The van der Waals surface area contributed by atoms with Gasteiger partial charge in [0.2, 0.25) is 0 Å². The molecule has 0 aliphatic rings. The standard InChI is InChI=1S/C13H14O4/c1-15-12-7-5-11(6-8-12)10-17-9-3-4-13(14)16-2/h5-8H,9-10H2,1-2H3. The molecular formula is C13H14O4. The summed E-state index contributed by atoms with van der Waals surface area (Å²) in [5.74, 6) is 5.09. The second kappa shape index (κ2) is 7.31. The van der Waals surface area contributed by atoms with Gasteiger partial charge in [-0.1, -0.05) is 18.1 Å². The van der Waals surface area contributed by atoms with Crippen LogP contribution in [0, 0.1) is 11.8 Å². The van der Waals surface area contributed by atoms with Gasteiger partial charge in [-0.25, -0.2) is 4.79 Å². The third-order valence-electron chi connectivity index (χ3n) is 1.98. The van der Waals surface area contributed by atoms with Crippen molar-refractivity contribution in [3.8, 4) is 17.6 Å². The van der Waals surface area contributed by atoms with E-state index >= 15 is 0 Å². The van der Waals surface area contributed by atoms with Crippen LogP contribution in [-0.2, 0) is 20.9 Å². The summed E-state index contributed by atoms with van der Waals surface area (Å²) in [5.41, 5.74) is 1.02. The second-order valence-corrected chi connectivity index (χ2v) is 3.13. The Morgan fingerprint density at radius 3 is 2.53 bits per heavy atom. The van der Waals surface area contributed by atoms with Gasteiger partial charge in [0.25, 0.3) is 0 Å². The Balaban J connectivity index is 2.30. The zero-order valence-corrected chi connectivity index (χ0v) is 9.86. The number of methoxy groups -OCH3 is 2. The second-order valence-electron chi connectivity index (χ2n) is 3.13. The number of hydrogen-bond donors (Lipinski definition) is 0. The third kappa shape index (κ3) is 5.05. The molecule has 0 unspecified atom stereocenters. The molecule has 0 saturated heterocycles. The monoisotopic (exact) mass is 234 g/mol. The van der Waals surface area contributed by atoms with Crippen molar-refractivity contribution >= 4 is 5.97 Å². The lowest BCUT2D eigenvalue weighted by atomic mass is 10.2. The minimum Gasteiger partial charge on any atom is -0.497 e. The summed E-state index contributed by atoms with van der Waals surface area (Å²) >= 11 is 0. The van der Waals surface area contributed by atoms with Crippen LogP contribution in [-0.4, -0.2) is 26.8 Å². The first kappa shape index (κ1) is 13.1. The molecule has 0 aromatic heterocycles. The smallest absolute Gasteiger partial charge is 0.384 e. The van der Waals surface area contributed by atoms with E-state index in [1.165, 1.54) is 7.11 Å². The molecule has 0 spiro atoms. The fraction of sp³-hybridized carbons (Fsp3) is 0.308. The fourth-order valence-electron chi connectivity index (χ4n) is 1.10. The average molecular weight is 234 g/mol. The Morgan fingerprint density at radius 1 is 1.24 bits per heavy atom. The molecule has 0 amide bonds. The van der Waals surface area contributed by atoms with Gasteiger partial charge < -0.3 is 14.2 Å². The molecule has 0 aliphatic carbocycles. The van der Waals surface area contributed by atoms with E-state index in [0.29, 0.717) is 6.61 Å². The first-order valence-corrected chi connectivity index (χ1v) is 5.03. The molecule has 4 heteroatoms. The molecule has 0 aliphatic heterocycles. The number of ether oxygens (including phenoxy) is 3. The summed E-state index contributed by atoms with van der Waals surface area (Å²) in [6, 6.07) is 7.54. The highest BCUT2D eigenvalue weighted by Crippen LogP contribution is 2.11. The van der Waals surface area contributed by atoms with Crippen LogP contribution in [0.1, 0.15) is 5.56 Å². The predicted molar refractivity (Wildman–Crippen MR) is 62.4 cm³/mol. The molecule has 0 radical (unpaired) electrons. The van der Waals surface area contributed by atoms with Crippen molar-refractivity contribution in [3.63, 3.8) is 0 Å². The molecular weight excluding hydrogens is 220 g/mol. The molecule has 0 fully saturated rings. The first-order valence-electron chi connectivity index (χ1n) is 5.03. The summed E-state index contributed by atoms with van der Waals surface area (Å²) < 4.78 is 14.7. The number of rotatable bonds is 4. The molecule has 0 heterocycles. The minimum absolute atomic E-state index is 0.196. The lowest BCUT2D eigenvalue weighted by Gasteiger charge is -2.02. The van der Waals surface area contributed by atoms with Gasteiger partial charge >= 0.3 is 5.97 Å². The van der Waals surface area contributed by atoms with Gasteiger partial charge in [-0.2, -0.15) is 0 Å². The van der Waals surface area contributed by atoms with E-state index in [1.807, 2.05) is 24.3 Å². The van der Waals surface area contributed by atoms with Crippen molar-refractivity contribution < 1.29 is 19.0 Å². The molecule has 0 saturated carbocycles. The summed E-state index contributed by atoms with van der Waals surface area (Å²) in [5, 5.41) is 0. The topological polar surface area (TPSA) is 44.8 Å². The van der Waals surface area contributed by atoms with Gasteiger partial charge in [-0.15, -0.1) is 0 Å². The van der Waals surface area contributed by atoms with Crippen molar-refractivity contribution in [1.82, 2.24) is 0 Å². The molecule has 4 nitrogen and oxygen atoms in total. The number of hydrogen-bond acceptors (Lipinski definition) is 4. The lowest BCUT2D eigenvalue weighted by molar-refractivity contribution is -0.133. The van der Waals surface area contributed by atoms with E-state index < -0.39 is 5.97 Å². The fourth-order valence-corrected chi connectivity index (χ4v) is 1.10. The summed E-state index contributed by atoms with van der Waals surface area (Å²) in [7, 11) is 2.91. The van der Waals surface area contributed by atoms with E-state index in [2.05, 4.69) is 16.6 Å². The van der Waals surface area contributed by atoms with E-state index in [9.17, 15) is 4.79 Å². The molecule has 17 heavy (non-hydrogen) atoms. The Kier molecular flexibility index (Phi) is 5.62. The predicted octanol–water partition coefficient (Wildman–Crippen LogP) is 1.39. The van der Waals surface area contributed by atoms with Crippen LogP contribution in [0.5, 0.6) is 5.75 Å². The Labute approximate surface area is 100 Å². The molecule has 0 atom stereocenters. The van der Waals surface area contributed by atoms with E-state index in [4.69, 9.17) is 9.47 Å². The van der Waals surface area contributed by atoms with Crippen molar-refractivity contribution in [2.24, 2.45) is 0 Å². The molecule has 1 aromatic rings. The normalized spacial score (nSPS) is 9.06. The Morgan fingerprint density at radius 2 is 1.94 bits per heavy atom. The van der Waals surface area contributed by atoms with E-state index in [1.54, 1.807) is 7.11 Å². The average Bonchev–Trinajstić information content (AvgIpc) is 2.38. The highest BCUT2D eigenvalue weighted by Gasteiger charge is 1.94. The molecule has 0 bridgehead atoms. The molecule has 0 N–H and O–H groups in total. The SMILES string of the molecule is COC(=O)C#CCOCc1ccc(OC)cc1. The van der Waals surface area contributed by atoms with Crippen LogP contribution < -0.4 is 4.74 Å². The number of esters is 1. The molecule has 90 valence electrons. The maximum atomic E-state index is 10.7. The van der Waals surface area contributed by atoms with Crippen molar-refractivity contribution in [2.75, 3.05) is 20.8 Å². The Bertz CT molecular complexity index is 411. The number of benzene rings is 1. The minimum atomic E-state index is -0.557. The van der Waals surface area contributed by atoms with Gasteiger partial charge in [-0.3, -0.25) is 0 Å². The number of carbonyl (C=O) groups excluding carboxylic acids is 1.